The van der Waals surface area contributed by atoms with Crippen LogP contribution in [0.5, 0.6) is 0 Å². The second kappa shape index (κ2) is 4.23. The van der Waals surface area contributed by atoms with Crippen LogP contribution in [0.1, 0.15) is 12.6 Å². The molecule has 0 aliphatic heterocycles. The Morgan fingerprint density at radius 1 is 1.40 bits per heavy atom. The molecular formula is C11H13N3O. The number of hydrogen-bond acceptors (Lipinski definition) is 4. The van der Waals surface area contributed by atoms with E-state index in [0.717, 1.165) is 17.7 Å². The average Bonchev–Trinajstić information content (AvgIpc) is 2.67. The summed E-state index contributed by atoms with van der Waals surface area (Å²) in [5.41, 5.74) is 7.50. The highest BCUT2D eigenvalue weighted by Gasteiger charge is 2.07. The van der Waals surface area contributed by atoms with Gasteiger partial charge >= 0.3 is 0 Å². The minimum Gasteiger partial charge on any atom is -0.444 e. The first-order valence-corrected chi connectivity index (χ1v) is 4.86. The topological polar surface area (TPSA) is 64.9 Å². The van der Waals surface area contributed by atoms with Crippen molar-refractivity contribution in [2.24, 2.45) is 5.73 Å². The van der Waals surface area contributed by atoms with Crippen molar-refractivity contribution in [1.29, 1.82) is 0 Å². The summed E-state index contributed by atoms with van der Waals surface area (Å²) >= 11 is 0. The lowest BCUT2D eigenvalue weighted by Gasteiger charge is -1.98. The molecule has 0 saturated heterocycles. The summed E-state index contributed by atoms with van der Waals surface area (Å²) < 4.78 is 5.36. The van der Waals surface area contributed by atoms with Gasteiger partial charge in [-0.2, -0.15) is 0 Å². The van der Waals surface area contributed by atoms with E-state index < -0.39 is 0 Å². The summed E-state index contributed by atoms with van der Waals surface area (Å²) in [4.78, 5) is 8.28. The minimum absolute atomic E-state index is 0.0976. The molecule has 2 N–H and O–H groups in total. The number of hydrogen-bond donors (Lipinski definition) is 1. The fourth-order valence-electron chi connectivity index (χ4n) is 1.36. The zero-order valence-electron chi connectivity index (χ0n) is 8.55. The molecule has 2 rings (SSSR count). The molecule has 0 saturated carbocycles. The summed E-state index contributed by atoms with van der Waals surface area (Å²) in [6.07, 6.45) is 5.81. The number of nitrogens with zero attached hydrogens (tertiary/aromatic N) is 2. The Bertz CT molecular complexity index is 422. The Balaban J connectivity index is 2.21. The maximum Gasteiger partial charge on any atom is 0.226 e. The van der Waals surface area contributed by atoms with E-state index in [1.54, 1.807) is 18.7 Å². The second-order valence-electron chi connectivity index (χ2n) is 3.56. The van der Waals surface area contributed by atoms with Crippen molar-refractivity contribution >= 4 is 0 Å². The van der Waals surface area contributed by atoms with E-state index in [2.05, 4.69) is 9.97 Å². The van der Waals surface area contributed by atoms with Crippen LogP contribution in [0.25, 0.3) is 11.5 Å². The number of rotatable bonds is 3. The SMILES string of the molecule is CC(N)Cc1coc(-c2ccncc2)n1. The standard InChI is InChI=1S/C11H13N3O/c1-8(12)6-10-7-15-11(14-10)9-2-4-13-5-3-9/h2-5,7-8H,6,12H2,1H3. The molecule has 15 heavy (non-hydrogen) atoms. The number of nitrogens with two attached hydrogens (primary N) is 1. The fourth-order valence-corrected chi connectivity index (χ4v) is 1.36. The van der Waals surface area contributed by atoms with Gasteiger partial charge in [0.25, 0.3) is 0 Å². The molecule has 0 aliphatic carbocycles. The summed E-state index contributed by atoms with van der Waals surface area (Å²) in [5, 5.41) is 0. The Morgan fingerprint density at radius 3 is 2.80 bits per heavy atom. The lowest BCUT2D eigenvalue weighted by Crippen LogP contribution is -2.17. The third kappa shape index (κ3) is 2.41. The van der Waals surface area contributed by atoms with Crippen LogP contribution < -0.4 is 5.73 Å². The van der Waals surface area contributed by atoms with E-state index in [1.807, 2.05) is 19.1 Å². The Hall–Kier alpha value is -1.68. The first kappa shape index (κ1) is 9.86. The zero-order valence-corrected chi connectivity index (χ0v) is 8.55. The van der Waals surface area contributed by atoms with Crippen molar-refractivity contribution in [2.75, 3.05) is 0 Å². The predicted octanol–water partition coefficient (Wildman–Crippen LogP) is 1.63. The minimum atomic E-state index is 0.0976. The van der Waals surface area contributed by atoms with Gasteiger partial charge in [0.15, 0.2) is 0 Å². The molecule has 0 spiro atoms. The van der Waals surface area contributed by atoms with Crippen molar-refractivity contribution in [1.82, 2.24) is 9.97 Å². The quantitative estimate of drug-likeness (QED) is 0.823. The van der Waals surface area contributed by atoms with Crippen molar-refractivity contribution in [3.8, 4) is 11.5 Å². The Kier molecular flexibility index (Phi) is 2.78. The molecule has 0 aliphatic rings. The second-order valence-corrected chi connectivity index (χ2v) is 3.56. The highest BCUT2D eigenvalue weighted by atomic mass is 16.3. The fraction of sp³-hybridized carbons (Fsp3) is 0.273. The molecule has 0 fully saturated rings. The molecule has 2 aromatic heterocycles. The third-order valence-electron chi connectivity index (χ3n) is 2.01. The van der Waals surface area contributed by atoms with Crippen molar-refractivity contribution in [3.05, 3.63) is 36.5 Å². The monoisotopic (exact) mass is 203 g/mol. The molecule has 0 amide bonds. The lowest BCUT2D eigenvalue weighted by molar-refractivity contribution is 0.571. The molecule has 1 atom stereocenters. The molecule has 0 bridgehead atoms. The van der Waals surface area contributed by atoms with Crippen LogP contribution in [-0.2, 0) is 6.42 Å². The number of aromatic nitrogens is 2. The van der Waals surface area contributed by atoms with E-state index in [-0.39, 0.29) is 6.04 Å². The number of pyridine rings is 1. The molecule has 4 heteroatoms. The van der Waals surface area contributed by atoms with E-state index in [9.17, 15) is 0 Å². The smallest absolute Gasteiger partial charge is 0.226 e. The molecule has 78 valence electrons. The van der Waals surface area contributed by atoms with Gasteiger partial charge in [-0.25, -0.2) is 4.98 Å². The first-order chi connectivity index (χ1) is 7.25. The molecular weight excluding hydrogens is 190 g/mol. The maximum absolute atomic E-state index is 5.68. The van der Waals surface area contributed by atoms with E-state index in [1.165, 1.54) is 0 Å². The van der Waals surface area contributed by atoms with Gasteiger partial charge in [-0.1, -0.05) is 0 Å². The van der Waals surface area contributed by atoms with Crippen LogP contribution in [-0.4, -0.2) is 16.0 Å². The van der Waals surface area contributed by atoms with Crippen LogP contribution in [0.3, 0.4) is 0 Å². The molecule has 2 aromatic rings. The Labute approximate surface area is 88.2 Å². The van der Waals surface area contributed by atoms with Crippen LogP contribution in [0.4, 0.5) is 0 Å². The molecule has 0 radical (unpaired) electrons. The summed E-state index contributed by atoms with van der Waals surface area (Å²) in [6, 6.07) is 3.82. The van der Waals surface area contributed by atoms with Crippen LogP contribution in [0.15, 0.2) is 35.2 Å². The lowest BCUT2D eigenvalue weighted by atomic mass is 10.2. The van der Waals surface area contributed by atoms with Crippen LogP contribution in [0.2, 0.25) is 0 Å². The largest absolute Gasteiger partial charge is 0.444 e. The van der Waals surface area contributed by atoms with Gasteiger partial charge in [-0.05, 0) is 19.1 Å². The van der Waals surface area contributed by atoms with Gasteiger partial charge in [0, 0.05) is 30.4 Å². The molecule has 2 heterocycles. The van der Waals surface area contributed by atoms with Crippen molar-refractivity contribution in [2.45, 2.75) is 19.4 Å². The van der Waals surface area contributed by atoms with Gasteiger partial charge in [-0.3, -0.25) is 4.98 Å². The average molecular weight is 203 g/mol. The van der Waals surface area contributed by atoms with Crippen LogP contribution >= 0.6 is 0 Å². The van der Waals surface area contributed by atoms with Gasteiger partial charge < -0.3 is 10.2 Å². The van der Waals surface area contributed by atoms with Crippen molar-refractivity contribution in [3.63, 3.8) is 0 Å². The van der Waals surface area contributed by atoms with Gasteiger partial charge in [0.05, 0.1) is 5.69 Å². The van der Waals surface area contributed by atoms with Gasteiger partial charge in [0.2, 0.25) is 5.89 Å². The first-order valence-electron chi connectivity index (χ1n) is 4.86. The van der Waals surface area contributed by atoms with Crippen LogP contribution in [0, 0.1) is 0 Å². The summed E-state index contributed by atoms with van der Waals surface area (Å²) in [7, 11) is 0. The van der Waals surface area contributed by atoms with Gasteiger partial charge in [-0.15, -0.1) is 0 Å². The molecule has 4 nitrogen and oxygen atoms in total. The zero-order chi connectivity index (χ0) is 10.7. The molecule has 1 unspecified atom stereocenters. The van der Waals surface area contributed by atoms with E-state index in [4.69, 9.17) is 10.2 Å². The predicted molar refractivity (Wildman–Crippen MR) is 57.1 cm³/mol. The third-order valence-corrected chi connectivity index (χ3v) is 2.01. The van der Waals surface area contributed by atoms with E-state index >= 15 is 0 Å². The maximum atomic E-state index is 5.68. The van der Waals surface area contributed by atoms with Crippen molar-refractivity contribution < 1.29 is 4.42 Å². The molecule has 0 aromatic carbocycles. The normalized spacial score (nSPS) is 12.7. The highest BCUT2D eigenvalue weighted by Crippen LogP contribution is 2.17. The summed E-state index contributed by atoms with van der Waals surface area (Å²) in [5.74, 6) is 0.619. The van der Waals surface area contributed by atoms with Gasteiger partial charge in [0.1, 0.15) is 6.26 Å². The summed E-state index contributed by atoms with van der Waals surface area (Å²) in [6.45, 7) is 1.95. The van der Waals surface area contributed by atoms with E-state index in [0.29, 0.717) is 5.89 Å². The Morgan fingerprint density at radius 2 is 2.13 bits per heavy atom. The highest BCUT2D eigenvalue weighted by molar-refractivity contribution is 5.51. The number of oxazole rings is 1.